The van der Waals surface area contributed by atoms with Crippen molar-refractivity contribution in [2.75, 3.05) is 39.8 Å². The fourth-order valence-electron chi connectivity index (χ4n) is 4.01. The molecular formula is C14H27N3. The van der Waals surface area contributed by atoms with E-state index >= 15 is 0 Å². The Morgan fingerprint density at radius 3 is 2.41 bits per heavy atom. The van der Waals surface area contributed by atoms with Crippen LogP contribution < -0.4 is 5.32 Å². The van der Waals surface area contributed by atoms with Crippen molar-refractivity contribution in [2.24, 2.45) is 5.92 Å². The van der Waals surface area contributed by atoms with Gasteiger partial charge in [-0.1, -0.05) is 0 Å². The number of rotatable bonds is 2. The minimum absolute atomic E-state index is 0.850. The molecule has 3 aliphatic rings. The van der Waals surface area contributed by atoms with Crippen molar-refractivity contribution in [2.45, 2.75) is 44.2 Å². The van der Waals surface area contributed by atoms with Crippen LogP contribution in [0.2, 0.25) is 0 Å². The van der Waals surface area contributed by atoms with Crippen molar-refractivity contribution < 1.29 is 0 Å². The van der Waals surface area contributed by atoms with Crippen LogP contribution in [0.1, 0.15) is 32.1 Å². The van der Waals surface area contributed by atoms with Crippen molar-refractivity contribution in [1.82, 2.24) is 15.1 Å². The van der Waals surface area contributed by atoms with Crippen LogP contribution in [0.3, 0.4) is 0 Å². The van der Waals surface area contributed by atoms with E-state index in [1.807, 2.05) is 0 Å². The molecule has 0 spiro atoms. The Hall–Kier alpha value is -0.120. The Morgan fingerprint density at radius 2 is 1.82 bits per heavy atom. The number of hydrogen-bond donors (Lipinski definition) is 1. The van der Waals surface area contributed by atoms with Gasteiger partial charge in [-0.25, -0.2) is 0 Å². The first-order valence-electron chi connectivity index (χ1n) is 7.49. The zero-order valence-corrected chi connectivity index (χ0v) is 11.2. The summed E-state index contributed by atoms with van der Waals surface area (Å²) in [6.45, 7) is 6.56. The third-order valence-electron chi connectivity index (χ3n) is 5.12. The number of likely N-dealkylation sites (N-methyl/N-ethyl adjacent to an activating group) is 1. The summed E-state index contributed by atoms with van der Waals surface area (Å²) in [6.07, 6.45) is 7.08. The summed E-state index contributed by atoms with van der Waals surface area (Å²) in [7, 11) is 2.26. The van der Waals surface area contributed by atoms with Gasteiger partial charge >= 0.3 is 0 Å². The quantitative estimate of drug-likeness (QED) is 0.777. The van der Waals surface area contributed by atoms with Crippen LogP contribution in [0.5, 0.6) is 0 Å². The van der Waals surface area contributed by atoms with Crippen molar-refractivity contribution in [3.8, 4) is 0 Å². The highest BCUT2D eigenvalue weighted by molar-refractivity contribution is 4.89. The molecule has 0 radical (unpaired) electrons. The van der Waals surface area contributed by atoms with E-state index < -0.39 is 0 Å². The number of likely N-dealkylation sites (tertiary alicyclic amines) is 2. The van der Waals surface area contributed by atoms with Crippen LogP contribution in [0, 0.1) is 5.92 Å². The third kappa shape index (κ3) is 2.67. The molecule has 0 bridgehead atoms. The Morgan fingerprint density at radius 1 is 1.00 bits per heavy atom. The summed E-state index contributed by atoms with van der Waals surface area (Å²) in [5.41, 5.74) is 0. The smallest absolute Gasteiger partial charge is 0.0235 e. The summed E-state index contributed by atoms with van der Waals surface area (Å²) < 4.78 is 0. The van der Waals surface area contributed by atoms with E-state index in [2.05, 4.69) is 22.2 Å². The number of nitrogens with zero attached hydrogens (tertiary/aromatic N) is 2. The molecular weight excluding hydrogens is 210 g/mol. The Labute approximate surface area is 106 Å². The Balaban J connectivity index is 1.47. The van der Waals surface area contributed by atoms with Crippen LogP contribution in [0.4, 0.5) is 0 Å². The van der Waals surface area contributed by atoms with Crippen molar-refractivity contribution in [3.63, 3.8) is 0 Å². The lowest BCUT2D eigenvalue weighted by atomic mass is 9.88. The van der Waals surface area contributed by atoms with E-state index in [4.69, 9.17) is 0 Å². The first kappa shape index (κ1) is 11.9. The molecule has 0 aromatic carbocycles. The molecule has 3 fully saturated rings. The van der Waals surface area contributed by atoms with Gasteiger partial charge in [-0.05, 0) is 71.2 Å². The summed E-state index contributed by atoms with van der Waals surface area (Å²) in [5.74, 6) is 0.966. The molecule has 3 saturated heterocycles. The maximum atomic E-state index is 3.69. The van der Waals surface area contributed by atoms with E-state index in [0.717, 1.165) is 18.0 Å². The van der Waals surface area contributed by atoms with E-state index in [1.165, 1.54) is 64.8 Å². The van der Waals surface area contributed by atoms with Crippen LogP contribution in [0.25, 0.3) is 0 Å². The van der Waals surface area contributed by atoms with Crippen LogP contribution in [-0.4, -0.2) is 61.7 Å². The van der Waals surface area contributed by atoms with Gasteiger partial charge in [0.15, 0.2) is 0 Å². The van der Waals surface area contributed by atoms with E-state index in [9.17, 15) is 0 Å². The molecule has 0 amide bonds. The summed E-state index contributed by atoms with van der Waals surface area (Å²) in [4.78, 5) is 5.24. The molecule has 3 heteroatoms. The second-order valence-corrected chi connectivity index (χ2v) is 6.28. The minimum atomic E-state index is 0.850. The average Bonchev–Trinajstić information content (AvgIpc) is 3.00. The summed E-state index contributed by atoms with van der Waals surface area (Å²) in [5, 5.41) is 3.69. The molecule has 3 nitrogen and oxygen atoms in total. The maximum Gasteiger partial charge on any atom is 0.0235 e. The number of nitrogens with one attached hydrogen (secondary N) is 1. The number of piperidine rings is 1. The second kappa shape index (κ2) is 5.25. The molecule has 0 aliphatic carbocycles. The highest BCUT2D eigenvalue weighted by Gasteiger charge is 2.32. The Bertz CT molecular complexity index is 242. The predicted molar refractivity (Wildman–Crippen MR) is 71.2 cm³/mol. The van der Waals surface area contributed by atoms with Gasteiger partial charge in [0.05, 0.1) is 0 Å². The highest BCUT2D eigenvalue weighted by Crippen LogP contribution is 2.28. The zero-order valence-electron chi connectivity index (χ0n) is 11.2. The molecule has 2 unspecified atom stereocenters. The lowest BCUT2D eigenvalue weighted by molar-refractivity contribution is 0.122. The topological polar surface area (TPSA) is 18.5 Å². The van der Waals surface area contributed by atoms with Crippen LogP contribution in [-0.2, 0) is 0 Å². The van der Waals surface area contributed by atoms with E-state index in [0.29, 0.717) is 0 Å². The predicted octanol–water partition coefficient (Wildman–Crippen LogP) is 1.15. The molecule has 0 aromatic heterocycles. The van der Waals surface area contributed by atoms with Gasteiger partial charge in [0.2, 0.25) is 0 Å². The molecule has 0 aromatic rings. The minimum Gasteiger partial charge on any atom is -0.314 e. The van der Waals surface area contributed by atoms with Crippen molar-refractivity contribution in [1.29, 1.82) is 0 Å². The normalized spacial score (nSPS) is 37.9. The van der Waals surface area contributed by atoms with Crippen LogP contribution in [0.15, 0.2) is 0 Å². The largest absolute Gasteiger partial charge is 0.314 e. The maximum absolute atomic E-state index is 3.69. The highest BCUT2D eigenvalue weighted by atomic mass is 15.2. The molecule has 3 rings (SSSR count). The monoisotopic (exact) mass is 237 g/mol. The molecule has 98 valence electrons. The van der Waals surface area contributed by atoms with Gasteiger partial charge in [-0.2, -0.15) is 0 Å². The van der Waals surface area contributed by atoms with Crippen molar-refractivity contribution >= 4 is 0 Å². The molecule has 1 N–H and O–H groups in total. The molecule has 17 heavy (non-hydrogen) atoms. The van der Waals surface area contributed by atoms with Gasteiger partial charge in [0.1, 0.15) is 0 Å². The van der Waals surface area contributed by atoms with Crippen LogP contribution >= 0.6 is 0 Å². The lowest BCUT2D eigenvalue weighted by Gasteiger charge is -2.38. The standard InChI is InChI=1S/C14H27N3/c1-16-8-6-13(11-16)17-9-4-12(5-10-17)14-3-2-7-15-14/h12-15H,2-11H2,1H3. The van der Waals surface area contributed by atoms with Gasteiger partial charge in [-0.15, -0.1) is 0 Å². The summed E-state index contributed by atoms with van der Waals surface area (Å²) >= 11 is 0. The first-order valence-corrected chi connectivity index (χ1v) is 7.49. The van der Waals surface area contributed by atoms with Gasteiger partial charge < -0.3 is 10.2 Å². The first-order chi connectivity index (χ1) is 8.33. The van der Waals surface area contributed by atoms with Gasteiger partial charge in [0.25, 0.3) is 0 Å². The molecule has 0 saturated carbocycles. The van der Waals surface area contributed by atoms with E-state index in [1.54, 1.807) is 0 Å². The number of hydrogen-bond acceptors (Lipinski definition) is 3. The SMILES string of the molecule is CN1CCC(N2CCC(C3CCCN3)CC2)C1. The Kier molecular flexibility index (Phi) is 3.69. The fraction of sp³-hybridized carbons (Fsp3) is 1.00. The average molecular weight is 237 g/mol. The summed E-state index contributed by atoms with van der Waals surface area (Å²) in [6, 6.07) is 1.71. The lowest BCUT2D eigenvalue weighted by Crippen LogP contribution is -2.45. The van der Waals surface area contributed by atoms with Gasteiger partial charge in [0, 0.05) is 18.6 Å². The van der Waals surface area contributed by atoms with Crippen molar-refractivity contribution in [3.05, 3.63) is 0 Å². The van der Waals surface area contributed by atoms with Gasteiger partial charge in [-0.3, -0.25) is 4.90 Å². The third-order valence-corrected chi connectivity index (χ3v) is 5.12. The zero-order chi connectivity index (χ0) is 11.7. The second-order valence-electron chi connectivity index (χ2n) is 6.28. The molecule has 3 aliphatic heterocycles. The molecule has 2 atom stereocenters. The molecule has 3 heterocycles. The fourth-order valence-corrected chi connectivity index (χ4v) is 4.01. The van der Waals surface area contributed by atoms with E-state index in [-0.39, 0.29) is 0 Å².